The minimum absolute atomic E-state index is 0.324. The van der Waals surface area contributed by atoms with Crippen LogP contribution in [0.25, 0.3) is 5.69 Å². The van der Waals surface area contributed by atoms with Crippen LogP contribution < -0.4 is 4.72 Å². The number of anilines is 1. The predicted molar refractivity (Wildman–Crippen MR) is 85.9 cm³/mol. The number of hydrogen-bond acceptors (Lipinski definition) is 5. The molecule has 3 rings (SSSR count). The molecular formula is C14H14N4O2S2. The first-order chi connectivity index (χ1) is 10.6. The lowest BCUT2D eigenvalue weighted by Crippen LogP contribution is -2.11. The predicted octanol–water partition coefficient (Wildman–Crippen LogP) is 2.69. The number of aryl methyl sites for hydroxylation is 1. The van der Waals surface area contributed by atoms with E-state index in [2.05, 4.69) is 14.8 Å². The molecule has 0 unspecified atom stereocenters. The topological polar surface area (TPSA) is 76.9 Å². The molecule has 0 saturated heterocycles. The maximum Gasteiger partial charge on any atom is 0.271 e. The fourth-order valence-electron chi connectivity index (χ4n) is 1.92. The highest BCUT2D eigenvalue weighted by molar-refractivity contribution is 7.94. The summed E-state index contributed by atoms with van der Waals surface area (Å²) in [5.41, 5.74) is 1.32. The summed E-state index contributed by atoms with van der Waals surface area (Å²) in [6.45, 7) is 2.00. The molecule has 6 nitrogen and oxygen atoms in total. The third-order valence-electron chi connectivity index (χ3n) is 3.05. The minimum Gasteiger partial charge on any atom is -0.279 e. The summed E-state index contributed by atoms with van der Waals surface area (Å²) in [5, 5.41) is 4.02. The van der Waals surface area contributed by atoms with Crippen molar-refractivity contribution in [2.75, 3.05) is 4.72 Å². The molecule has 0 saturated carbocycles. The molecule has 0 atom stereocenters. The van der Waals surface area contributed by atoms with Crippen LogP contribution in [0.5, 0.6) is 0 Å². The molecule has 0 bridgehead atoms. The molecule has 0 fully saturated rings. The van der Waals surface area contributed by atoms with Gasteiger partial charge in [0, 0.05) is 10.6 Å². The lowest BCUT2D eigenvalue weighted by Gasteiger charge is -2.07. The molecule has 0 spiro atoms. The van der Waals surface area contributed by atoms with Gasteiger partial charge in [-0.25, -0.2) is 18.1 Å². The summed E-state index contributed by atoms with van der Waals surface area (Å²) in [7, 11) is -3.54. The highest BCUT2D eigenvalue weighted by Crippen LogP contribution is 2.24. The van der Waals surface area contributed by atoms with Gasteiger partial charge in [-0.2, -0.15) is 5.10 Å². The van der Waals surface area contributed by atoms with Crippen LogP contribution in [0.4, 0.5) is 5.69 Å². The van der Waals surface area contributed by atoms with Gasteiger partial charge in [0.15, 0.2) is 0 Å². The lowest BCUT2D eigenvalue weighted by molar-refractivity contribution is 0.603. The number of aromatic nitrogens is 3. The van der Waals surface area contributed by atoms with Crippen LogP contribution in [0.2, 0.25) is 0 Å². The summed E-state index contributed by atoms with van der Waals surface area (Å²) in [6.07, 6.45) is 3.85. The molecule has 2 heterocycles. The van der Waals surface area contributed by atoms with Crippen molar-refractivity contribution in [1.29, 1.82) is 0 Å². The molecule has 0 radical (unpaired) electrons. The molecule has 8 heteroatoms. The van der Waals surface area contributed by atoms with Gasteiger partial charge in [-0.15, -0.1) is 11.3 Å². The molecule has 114 valence electrons. The van der Waals surface area contributed by atoms with Gasteiger partial charge in [-0.05, 0) is 42.8 Å². The van der Waals surface area contributed by atoms with Crippen molar-refractivity contribution in [2.24, 2.45) is 0 Å². The monoisotopic (exact) mass is 334 g/mol. The van der Waals surface area contributed by atoms with Crippen LogP contribution >= 0.6 is 11.3 Å². The number of thiophene rings is 1. The van der Waals surface area contributed by atoms with Crippen molar-refractivity contribution in [3.63, 3.8) is 0 Å². The number of benzene rings is 1. The SMILES string of the molecule is CCc1ccc(S(=O)(=O)Nc2ccc(-n3cncn3)cc2)s1. The molecule has 1 aromatic carbocycles. The van der Waals surface area contributed by atoms with Crippen molar-refractivity contribution in [1.82, 2.24) is 14.8 Å². The lowest BCUT2D eigenvalue weighted by atomic mass is 10.3. The largest absolute Gasteiger partial charge is 0.279 e. The van der Waals surface area contributed by atoms with Gasteiger partial charge in [0.05, 0.1) is 5.69 Å². The Morgan fingerprint density at radius 3 is 2.55 bits per heavy atom. The Balaban J connectivity index is 1.80. The van der Waals surface area contributed by atoms with Crippen LogP contribution in [0.3, 0.4) is 0 Å². The number of nitrogens with one attached hydrogen (secondary N) is 1. The zero-order valence-electron chi connectivity index (χ0n) is 11.8. The average Bonchev–Trinajstić information content (AvgIpc) is 3.19. The summed E-state index contributed by atoms with van der Waals surface area (Å²) < 4.78 is 29.1. The van der Waals surface area contributed by atoms with Gasteiger partial charge < -0.3 is 0 Å². The van der Waals surface area contributed by atoms with Crippen molar-refractivity contribution in [3.05, 3.63) is 53.9 Å². The second-order valence-corrected chi connectivity index (χ2v) is 7.64. The van der Waals surface area contributed by atoms with Crippen LogP contribution in [0.1, 0.15) is 11.8 Å². The normalized spacial score (nSPS) is 11.5. The van der Waals surface area contributed by atoms with E-state index in [0.717, 1.165) is 17.0 Å². The van der Waals surface area contributed by atoms with Crippen LogP contribution in [-0.4, -0.2) is 23.2 Å². The number of nitrogens with zero attached hydrogens (tertiary/aromatic N) is 3. The summed E-state index contributed by atoms with van der Waals surface area (Å²) in [5.74, 6) is 0. The first-order valence-electron chi connectivity index (χ1n) is 6.65. The van der Waals surface area contributed by atoms with E-state index in [1.807, 2.05) is 13.0 Å². The van der Waals surface area contributed by atoms with Crippen molar-refractivity contribution < 1.29 is 8.42 Å². The third-order valence-corrected chi connectivity index (χ3v) is 6.16. The highest BCUT2D eigenvalue weighted by atomic mass is 32.2. The Hall–Kier alpha value is -2.19. The Kier molecular flexibility index (Phi) is 3.95. The molecule has 0 amide bonds. The smallest absolute Gasteiger partial charge is 0.271 e. The van der Waals surface area contributed by atoms with E-state index in [9.17, 15) is 8.42 Å². The highest BCUT2D eigenvalue weighted by Gasteiger charge is 2.16. The Bertz CT molecular complexity index is 853. The quantitative estimate of drug-likeness (QED) is 0.778. The Labute approximate surface area is 132 Å². The maximum absolute atomic E-state index is 12.3. The number of rotatable bonds is 5. The average molecular weight is 334 g/mol. The van der Waals surface area contributed by atoms with E-state index >= 15 is 0 Å². The molecule has 3 aromatic rings. The van der Waals surface area contributed by atoms with Gasteiger partial charge in [-0.3, -0.25) is 4.72 Å². The third kappa shape index (κ3) is 3.02. The minimum atomic E-state index is -3.54. The van der Waals surface area contributed by atoms with Crippen molar-refractivity contribution in [2.45, 2.75) is 17.6 Å². The molecule has 22 heavy (non-hydrogen) atoms. The van der Waals surface area contributed by atoms with Crippen molar-refractivity contribution in [3.8, 4) is 5.69 Å². The number of sulfonamides is 1. The first-order valence-corrected chi connectivity index (χ1v) is 8.95. The van der Waals surface area contributed by atoms with E-state index in [0.29, 0.717) is 9.90 Å². The molecular weight excluding hydrogens is 320 g/mol. The fourth-order valence-corrected chi connectivity index (χ4v) is 4.28. The Morgan fingerprint density at radius 1 is 1.18 bits per heavy atom. The zero-order chi connectivity index (χ0) is 15.6. The van der Waals surface area contributed by atoms with E-state index in [-0.39, 0.29) is 0 Å². The summed E-state index contributed by atoms with van der Waals surface area (Å²) in [4.78, 5) is 4.92. The zero-order valence-corrected chi connectivity index (χ0v) is 13.4. The standard InChI is InChI=1S/C14H14N4O2S2/c1-2-13-7-8-14(21-13)22(19,20)17-11-3-5-12(6-4-11)18-10-15-9-16-18/h3-10,17H,2H2,1H3. The maximum atomic E-state index is 12.3. The van der Waals surface area contributed by atoms with Crippen molar-refractivity contribution >= 4 is 27.0 Å². The molecule has 0 aliphatic heterocycles. The number of hydrogen-bond donors (Lipinski definition) is 1. The summed E-state index contributed by atoms with van der Waals surface area (Å²) in [6, 6.07) is 10.4. The van der Waals surface area contributed by atoms with Gasteiger partial charge >= 0.3 is 0 Å². The van der Waals surface area contributed by atoms with E-state index in [4.69, 9.17) is 0 Å². The fraction of sp³-hybridized carbons (Fsp3) is 0.143. The first kappa shape index (κ1) is 14.7. The van der Waals surface area contributed by atoms with Gasteiger partial charge in [0.25, 0.3) is 10.0 Å². The second-order valence-electron chi connectivity index (χ2n) is 4.57. The van der Waals surface area contributed by atoms with Gasteiger partial charge in [0.2, 0.25) is 0 Å². The molecule has 0 aliphatic carbocycles. The summed E-state index contributed by atoms with van der Waals surface area (Å²) >= 11 is 1.29. The van der Waals surface area contributed by atoms with E-state index in [1.54, 1.807) is 41.3 Å². The molecule has 0 aliphatic rings. The van der Waals surface area contributed by atoms with Gasteiger partial charge in [-0.1, -0.05) is 6.92 Å². The second kappa shape index (κ2) is 5.90. The molecule has 1 N–H and O–H groups in total. The molecule has 2 aromatic heterocycles. The van der Waals surface area contributed by atoms with E-state index in [1.165, 1.54) is 17.7 Å². The van der Waals surface area contributed by atoms with Crippen LogP contribution in [0, 0.1) is 0 Å². The van der Waals surface area contributed by atoms with Crippen LogP contribution in [0.15, 0.2) is 53.3 Å². The van der Waals surface area contributed by atoms with Crippen LogP contribution in [-0.2, 0) is 16.4 Å². The van der Waals surface area contributed by atoms with Gasteiger partial charge in [0.1, 0.15) is 16.9 Å². The van der Waals surface area contributed by atoms with E-state index < -0.39 is 10.0 Å². The Morgan fingerprint density at radius 2 is 1.95 bits per heavy atom.